The zero-order chi connectivity index (χ0) is 20.1. The van der Waals surface area contributed by atoms with Crippen LogP contribution in [0.15, 0.2) is 53.7 Å². The predicted molar refractivity (Wildman–Crippen MR) is 105 cm³/mol. The monoisotopic (exact) mass is 399 g/mol. The van der Waals surface area contributed by atoms with Crippen molar-refractivity contribution in [2.75, 3.05) is 18.2 Å². The van der Waals surface area contributed by atoms with Crippen molar-refractivity contribution < 1.29 is 14.5 Å². The van der Waals surface area contributed by atoms with E-state index in [1.165, 1.54) is 37.1 Å². The van der Waals surface area contributed by atoms with E-state index in [9.17, 15) is 14.9 Å². The van der Waals surface area contributed by atoms with Crippen LogP contribution in [0.4, 0.5) is 11.4 Å². The fourth-order valence-corrected chi connectivity index (χ4v) is 3.20. The van der Waals surface area contributed by atoms with E-state index in [4.69, 9.17) is 4.74 Å². The summed E-state index contributed by atoms with van der Waals surface area (Å²) in [5.41, 5.74) is 1.18. The highest BCUT2D eigenvalue weighted by atomic mass is 32.2. The van der Waals surface area contributed by atoms with Crippen LogP contribution in [0.1, 0.15) is 0 Å². The number of amides is 1. The summed E-state index contributed by atoms with van der Waals surface area (Å²) in [5.74, 6) is 0.737. The number of hydrogen-bond donors (Lipinski definition) is 1. The molecule has 2 aromatic carbocycles. The standard InChI is InChI=1S/C18H17N5O4S/c1-22-17(12-6-4-3-5-7-12)20-21-18(22)28-11-16(24)19-14-9-8-13(23(25)26)10-15(14)27-2/h3-10H,11H2,1-2H3,(H,19,24). The molecule has 1 heterocycles. The van der Waals surface area contributed by atoms with Gasteiger partial charge >= 0.3 is 0 Å². The summed E-state index contributed by atoms with van der Waals surface area (Å²) < 4.78 is 6.94. The predicted octanol–water partition coefficient (Wildman–Crippen LogP) is 3.13. The zero-order valence-electron chi connectivity index (χ0n) is 15.2. The molecule has 0 aliphatic rings. The maximum absolute atomic E-state index is 12.3. The largest absolute Gasteiger partial charge is 0.494 e. The number of hydrogen-bond acceptors (Lipinski definition) is 7. The molecule has 9 nitrogen and oxygen atoms in total. The number of carbonyl (C=O) groups is 1. The molecular weight excluding hydrogens is 382 g/mol. The van der Waals surface area contributed by atoms with Gasteiger partial charge in [0.2, 0.25) is 5.91 Å². The molecule has 1 N–H and O–H groups in total. The van der Waals surface area contributed by atoms with Gasteiger partial charge in [0.1, 0.15) is 5.75 Å². The highest BCUT2D eigenvalue weighted by Gasteiger charge is 2.15. The molecule has 144 valence electrons. The third-order valence-corrected chi connectivity index (χ3v) is 4.89. The van der Waals surface area contributed by atoms with Crippen molar-refractivity contribution in [2.45, 2.75) is 5.16 Å². The molecule has 0 unspecified atom stereocenters. The number of ether oxygens (including phenoxy) is 1. The van der Waals surface area contributed by atoms with Gasteiger partial charge in [-0.25, -0.2) is 0 Å². The number of benzene rings is 2. The molecule has 0 atom stereocenters. The molecular formula is C18H17N5O4S. The number of nitrogens with zero attached hydrogens (tertiary/aromatic N) is 4. The van der Waals surface area contributed by atoms with Gasteiger partial charge in [0.25, 0.3) is 5.69 Å². The maximum atomic E-state index is 12.3. The lowest BCUT2D eigenvalue weighted by Gasteiger charge is -2.09. The molecule has 1 amide bonds. The summed E-state index contributed by atoms with van der Waals surface area (Å²) in [7, 11) is 3.22. The van der Waals surface area contributed by atoms with Gasteiger partial charge in [-0.3, -0.25) is 14.9 Å². The zero-order valence-corrected chi connectivity index (χ0v) is 16.0. The Morgan fingerprint density at radius 3 is 2.68 bits per heavy atom. The van der Waals surface area contributed by atoms with E-state index in [1.54, 1.807) is 0 Å². The average Bonchev–Trinajstić information content (AvgIpc) is 3.07. The minimum absolute atomic E-state index is 0.0981. The number of nitrogens with one attached hydrogen (secondary N) is 1. The minimum atomic E-state index is -0.525. The lowest BCUT2D eigenvalue weighted by atomic mass is 10.2. The second-order valence-electron chi connectivity index (χ2n) is 5.71. The van der Waals surface area contributed by atoms with E-state index >= 15 is 0 Å². The smallest absolute Gasteiger partial charge is 0.273 e. The van der Waals surface area contributed by atoms with Gasteiger partial charge < -0.3 is 14.6 Å². The Morgan fingerprint density at radius 2 is 2.00 bits per heavy atom. The fourth-order valence-electron chi connectivity index (χ4n) is 2.49. The van der Waals surface area contributed by atoms with Gasteiger partial charge in [-0.15, -0.1) is 10.2 Å². The molecule has 0 radical (unpaired) electrons. The van der Waals surface area contributed by atoms with Crippen LogP contribution in [0.5, 0.6) is 5.75 Å². The molecule has 0 aliphatic heterocycles. The van der Waals surface area contributed by atoms with Gasteiger partial charge in [-0.2, -0.15) is 0 Å². The number of nitro groups is 1. The number of anilines is 1. The van der Waals surface area contributed by atoms with Crippen molar-refractivity contribution >= 4 is 29.0 Å². The molecule has 28 heavy (non-hydrogen) atoms. The summed E-state index contributed by atoms with van der Waals surface area (Å²) in [6, 6.07) is 13.6. The van der Waals surface area contributed by atoms with Crippen molar-refractivity contribution in [1.82, 2.24) is 14.8 Å². The number of thioether (sulfide) groups is 1. The quantitative estimate of drug-likeness (QED) is 0.369. The fraction of sp³-hybridized carbons (Fsp3) is 0.167. The first-order chi connectivity index (χ1) is 13.5. The Labute approximate surface area is 164 Å². The molecule has 0 aliphatic carbocycles. The number of methoxy groups -OCH3 is 1. The first-order valence-electron chi connectivity index (χ1n) is 8.19. The van der Waals surface area contributed by atoms with Crippen molar-refractivity contribution in [1.29, 1.82) is 0 Å². The SMILES string of the molecule is COc1cc([N+](=O)[O-])ccc1NC(=O)CSc1nnc(-c2ccccc2)n1C. The van der Waals surface area contributed by atoms with Gasteiger partial charge in [0.15, 0.2) is 11.0 Å². The normalized spacial score (nSPS) is 10.5. The second-order valence-corrected chi connectivity index (χ2v) is 6.65. The van der Waals surface area contributed by atoms with E-state index in [0.29, 0.717) is 16.7 Å². The highest BCUT2D eigenvalue weighted by molar-refractivity contribution is 7.99. The van der Waals surface area contributed by atoms with E-state index in [-0.39, 0.29) is 23.1 Å². The van der Waals surface area contributed by atoms with Crippen molar-refractivity contribution in [3.05, 3.63) is 58.6 Å². The van der Waals surface area contributed by atoms with Gasteiger partial charge in [-0.1, -0.05) is 42.1 Å². The van der Waals surface area contributed by atoms with Crippen molar-refractivity contribution in [3.63, 3.8) is 0 Å². The summed E-state index contributed by atoms with van der Waals surface area (Å²) >= 11 is 1.24. The van der Waals surface area contributed by atoms with Crippen LogP contribution in [0.3, 0.4) is 0 Å². The van der Waals surface area contributed by atoms with Crippen LogP contribution in [0.25, 0.3) is 11.4 Å². The number of non-ortho nitro benzene ring substituents is 1. The molecule has 0 bridgehead atoms. The topological polar surface area (TPSA) is 112 Å². The number of rotatable bonds is 7. The van der Waals surface area contributed by atoms with Crippen LogP contribution in [-0.4, -0.2) is 38.5 Å². The summed E-state index contributed by atoms with van der Waals surface area (Å²) in [4.78, 5) is 22.6. The minimum Gasteiger partial charge on any atom is -0.494 e. The Kier molecular flexibility index (Phi) is 5.90. The molecule has 3 rings (SSSR count). The van der Waals surface area contributed by atoms with E-state index < -0.39 is 4.92 Å². The second kappa shape index (κ2) is 8.53. The third kappa shape index (κ3) is 4.29. The first kappa shape index (κ1) is 19.4. The number of carbonyl (C=O) groups excluding carboxylic acids is 1. The Hall–Kier alpha value is -3.40. The van der Waals surface area contributed by atoms with Crippen molar-refractivity contribution in [2.24, 2.45) is 7.05 Å². The van der Waals surface area contributed by atoms with E-state index in [0.717, 1.165) is 5.56 Å². The van der Waals surface area contributed by atoms with Gasteiger partial charge in [0.05, 0.1) is 29.5 Å². The number of nitro benzene ring substituents is 1. The Bertz CT molecular complexity index is 1010. The van der Waals surface area contributed by atoms with Crippen LogP contribution >= 0.6 is 11.8 Å². The van der Waals surface area contributed by atoms with Gasteiger partial charge in [-0.05, 0) is 6.07 Å². The lowest BCUT2D eigenvalue weighted by Crippen LogP contribution is -2.15. The maximum Gasteiger partial charge on any atom is 0.273 e. The van der Waals surface area contributed by atoms with Crippen molar-refractivity contribution in [3.8, 4) is 17.1 Å². The third-order valence-electron chi connectivity index (χ3n) is 3.87. The summed E-state index contributed by atoms with van der Waals surface area (Å²) in [6.45, 7) is 0. The molecule has 0 fully saturated rings. The molecule has 0 saturated heterocycles. The molecule has 0 spiro atoms. The van der Waals surface area contributed by atoms with Crippen LogP contribution in [0, 0.1) is 10.1 Å². The van der Waals surface area contributed by atoms with Crippen LogP contribution in [0.2, 0.25) is 0 Å². The summed E-state index contributed by atoms with van der Waals surface area (Å²) in [6.07, 6.45) is 0. The summed E-state index contributed by atoms with van der Waals surface area (Å²) in [5, 5.41) is 22.4. The Balaban J connectivity index is 1.65. The Morgan fingerprint density at radius 1 is 1.25 bits per heavy atom. The molecule has 0 saturated carbocycles. The first-order valence-corrected chi connectivity index (χ1v) is 9.18. The van der Waals surface area contributed by atoms with Crippen LogP contribution in [-0.2, 0) is 11.8 Å². The molecule has 10 heteroatoms. The lowest BCUT2D eigenvalue weighted by molar-refractivity contribution is -0.384. The molecule has 3 aromatic rings. The van der Waals surface area contributed by atoms with E-state index in [2.05, 4.69) is 15.5 Å². The van der Waals surface area contributed by atoms with E-state index in [1.807, 2.05) is 41.9 Å². The van der Waals surface area contributed by atoms with Crippen LogP contribution < -0.4 is 10.1 Å². The molecule has 1 aromatic heterocycles. The highest BCUT2D eigenvalue weighted by Crippen LogP contribution is 2.29. The number of aromatic nitrogens is 3. The van der Waals surface area contributed by atoms with Gasteiger partial charge in [0, 0.05) is 18.7 Å². The average molecular weight is 399 g/mol.